The fraction of sp³-hybridized carbons (Fsp3) is 0.435. The molecule has 0 radical (unpaired) electrons. The van der Waals surface area contributed by atoms with Crippen LogP contribution in [0.5, 0.6) is 17.2 Å². The molecule has 1 aromatic carbocycles. The quantitative estimate of drug-likeness (QED) is 0.245. The van der Waals surface area contributed by atoms with Crippen LogP contribution in [-0.4, -0.2) is 37.0 Å². The molecule has 0 aliphatic carbocycles. The molecule has 9 heteroatoms. The predicted octanol–water partition coefficient (Wildman–Crippen LogP) is 5.33. The number of aromatic nitrogens is 2. The van der Waals surface area contributed by atoms with Crippen molar-refractivity contribution in [3.05, 3.63) is 28.4 Å². The number of aryl methyl sites for hydroxylation is 1. The first-order valence-electron chi connectivity index (χ1n) is 9.98. The van der Waals surface area contributed by atoms with Crippen molar-refractivity contribution < 1.29 is 18.6 Å². The Kier molecular flexibility index (Phi) is 11.3. The van der Waals surface area contributed by atoms with Gasteiger partial charge in [-0.05, 0) is 31.9 Å². The number of unbranched alkanes of at least 4 members (excludes halogenated alkanes) is 2. The van der Waals surface area contributed by atoms with Crippen LogP contribution in [0.3, 0.4) is 0 Å². The van der Waals surface area contributed by atoms with Gasteiger partial charge in [0.25, 0.3) is 0 Å². The van der Waals surface area contributed by atoms with Gasteiger partial charge < -0.3 is 19.9 Å². The summed E-state index contributed by atoms with van der Waals surface area (Å²) in [5.41, 5.74) is 7.82. The Hall–Kier alpha value is -3.05. The van der Waals surface area contributed by atoms with Crippen LogP contribution in [0.4, 0.5) is 15.9 Å². The molecule has 0 aliphatic heterocycles. The number of ether oxygens (including phenoxy) is 3. The van der Waals surface area contributed by atoms with Crippen molar-refractivity contribution in [2.45, 2.75) is 46.5 Å². The summed E-state index contributed by atoms with van der Waals surface area (Å²) in [5.74, 6) is 3.81. The molecule has 2 N–H and O–H groups in total. The Bertz CT molecular complexity index is 967. The van der Waals surface area contributed by atoms with Crippen molar-refractivity contribution in [1.82, 2.24) is 9.97 Å². The topological polar surface area (TPSA) is 91.9 Å². The highest BCUT2D eigenvalue weighted by Gasteiger charge is 2.20. The zero-order valence-electron chi connectivity index (χ0n) is 19.4. The number of methoxy groups -OCH3 is 3. The summed E-state index contributed by atoms with van der Waals surface area (Å²) in [6.45, 7) is 5.54. The second-order valence-corrected chi connectivity index (χ2v) is 7.14. The second-order valence-electron chi connectivity index (χ2n) is 6.76. The number of nitrogens with zero attached hydrogens (tertiary/aromatic N) is 3. The molecule has 1 aromatic heterocycles. The van der Waals surface area contributed by atoms with E-state index in [1.165, 1.54) is 34.2 Å². The molecule has 2 aromatic rings. The molecule has 0 amide bonds. The summed E-state index contributed by atoms with van der Waals surface area (Å²) in [6, 6.07) is 1.75. The highest BCUT2D eigenvalue weighted by atomic mass is 35.5. The molecule has 7 nitrogen and oxygen atoms in total. The number of nitrogen functional groups attached to an aromatic ring is 1. The van der Waals surface area contributed by atoms with Gasteiger partial charge in [0.2, 0.25) is 5.75 Å². The molecule has 0 unspecified atom stereocenters. The number of rotatable bonds is 8. The molecule has 0 aliphatic rings. The maximum Gasteiger partial charge on any atom is 0.310 e. The lowest BCUT2D eigenvalue weighted by Gasteiger charge is -2.16. The Morgan fingerprint density at radius 1 is 1.22 bits per heavy atom. The number of hydrogen-bond acceptors (Lipinski definition) is 7. The van der Waals surface area contributed by atoms with Gasteiger partial charge in [0, 0.05) is 18.6 Å². The third-order valence-corrected chi connectivity index (χ3v) is 4.74. The van der Waals surface area contributed by atoms with E-state index in [0.29, 0.717) is 45.8 Å². The first-order valence-corrected chi connectivity index (χ1v) is 10.4. The highest BCUT2D eigenvalue weighted by molar-refractivity contribution is 6.33. The minimum Gasteiger partial charge on any atom is -0.493 e. The predicted molar refractivity (Wildman–Crippen MR) is 127 cm³/mol. The standard InChI is InChI=1S/C17H20ClFN4O3.C6H10/c1-8(21-13-9(2)22-17(19)23-16(13)20)6-10-7-11(24-3)14(25-4)15(26-5)12(10)18;1-3-5-6-4-2/h7H,6H2,1-5H3,(H2,20,22,23);1H,4-6H2,2H3. The van der Waals surface area contributed by atoms with Gasteiger partial charge >= 0.3 is 6.08 Å². The average molecular weight is 465 g/mol. The molecule has 0 bridgehead atoms. The fourth-order valence-corrected chi connectivity index (χ4v) is 3.06. The van der Waals surface area contributed by atoms with Crippen molar-refractivity contribution >= 4 is 28.8 Å². The Morgan fingerprint density at radius 3 is 2.34 bits per heavy atom. The van der Waals surface area contributed by atoms with E-state index in [4.69, 9.17) is 38.0 Å². The molecule has 32 heavy (non-hydrogen) atoms. The van der Waals surface area contributed by atoms with Crippen LogP contribution in [0.1, 0.15) is 44.4 Å². The number of halogens is 2. The smallest absolute Gasteiger partial charge is 0.310 e. The molecule has 0 saturated heterocycles. The lowest BCUT2D eigenvalue weighted by Crippen LogP contribution is -2.04. The molecule has 0 atom stereocenters. The SMILES string of the molecule is C#CCCCC.COc1cc(CC(C)=Nc2c(C)nc(F)nc2N)c(Cl)c(OC)c1OC. The molecule has 0 fully saturated rings. The zero-order chi connectivity index (χ0) is 24.3. The van der Waals surface area contributed by atoms with Crippen LogP contribution in [0.2, 0.25) is 5.02 Å². The maximum absolute atomic E-state index is 13.2. The first kappa shape index (κ1) is 27.0. The van der Waals surface area contributed by atoms with Crippen LogP contribution >= 0.6 is 11.6 Å². The van der Waals surface area contributed by atoms with Crippen LogP contribution < -0.4 is 19.9 Å². The van der Waals surface area contributed by atoms with Gasteiger partial charge in [-0.15, -0.1) is 12.3 Å². The van der Waals surface area contributed by atoms with E-state index < -0.39 is 6.08 Å². The number of benzene rings is 1. The third kappa shape index (κ3) is 7.27. The Labute approximate surface area is 194 Å². The van der Waals surface area contributed by atoms with Crippen LogP contribution in [-0.2, 0) is 6.42 Å². The number of hydrogen-bond donors (Lipinski definition) is 1. The highest BCUT2D eigenvalue weighted by Crippen LogP contribution is 2.44. The Morgan fingerprint density at radius 2 is 1.88 bits per heavy atom. The second kappa shape index (κ2) is 13.4. The van der Waals surface area contributed by atoms with E-state index in [2.05, 4.69) is 27.8 Å². The first-order chi connectivity index (χ1) is 15.2. The summed E-state index contributed by atoms with van der Waals surface area (Å²) in [5, 5.41) is 0.389. The van der Waals surface area contributed by atoms with E-state index in [0.717, 1.165) is 12.0 Å². The molecular formula is C23H30ClFN4O3. The molecule has 0 saturated carbocycles. The van der Waals surface area contributed by atoms with Crippen molar-refractivity contribution in [3.63, 3.8) is 0 Å². The van der Waals surface area contributed by atoms with E-state index in [1.54, 1.807) is 19.9 Å². The minimum absolute atomic E-state index is 0.0228. The number of aliphatic imine (C=N–C) groups is 1. The molecule has 1 heterocycles. The van der Waals surface area contributed by atoms with Gasteiger partial charge in [-0.1, -0.05) is 24.9 Å². The zero-order valence-corrected chi connectivity index (χ0v) is 20.1. The number of terminal acetylenes is 1. The van der Waals surface area contributed by atoms with Crippen LogP contribution in [0.25, 0.3) is 0 Å². The van der Waals surface area contributed by atoms with Crippen LogP contribution in [0, 0.1) is 25.3 Å². The number of nitrogens with two attached hydrogens (primary N) is 1. The van der Waals surface area contributed by atoms with Gasteiger partial charge in [-0.2, -0.15) is 9.37 Å². The molecule has 0 spiro atoms. The maximum atomic E-state index is 13.2. The van der Waals surface area contributed by atoms with E-state index >= 15 is 0 Å². The lowest BCUT2D eigenvalue weighted by molar-refractivity contribution is 0.324. The van der Waals surface area contributed by atoms with Gasteiger partial charge in [-0.3, -0.25) is 4.99 Å². The van der Waals surface area contributed by atoms with Gasteiger partial charge in [-0.25, -0.2) is 4.98 Å². The normalized spacial score (nSPS) is 10.7. The van der Waals surface area contributed by atoms with Crippen molar-refractivity contribution in [2.24, 2.45) is 4.99 Å². The Balaban J connectivity index is 0.000000751. The summed E-state index contributed by atoms with van der Waals surface area (Å²) in [7, 11) is 4.52. The van der Waals surface area contributed by atoms with Crippen LogP contribution in [0.15, 0.2) is 11.1 Å². The molecular weight excluding hydrogens is 435 g/mol. The van der Waals surface area contributed by atoms with Crippen molar-refractivity contribution in [1.29, 1.82) is 0 Å². The van der Waals surface area contributed by atoms with Gasteiger partial charge in [0.15, 0.2) is 17.3 Å². The summed E-state index contributed by atoms with van der Waals surface area (Å²) < 4.78 is 29.2. The van der Waals surface area contributed by atoms with E-state index in [1.807, 2.05) is 0 Å². The van der Waals surface area contributed by atoms with E-state index in [9.17, 15) is 4.39 Å². The van der Waals surface area contributed by atoms with Crippen molar-refractivity contribution in [3.8, 4) is 29.6 Å². The lowest BCUT2D eigenvalue weighted by atomic mass is 10.1. The fourth-order valence-electron chi connectivity index (χ4n) is 2.78. The minimum atomic E-state index is -0.885. The monoisotopic (exact) mass is 464 g/mol. The molecule has 2 rings (SSSR count). The largest absolute Gasteiger partial charge is 0.493 e. The molecule has 174 valence electrons. The van der Waals surface area contributed by atoms with Crippen molar-refractivity contribution in [2.75, 3.05) is 27.1 Å². The summed E-state index contributed by atoms with van der Waals surface area (Å²) >= 11 is 6.44. The number of anilines is 1. The third-order valence-electron chi connectivity index (χ3n) is 4.33. The average Bonchev–Trinajstić information content (AvgIpc) is 2.76. The van der Waals surface area contributed by atoms with Gasteiger partial charge in [0.05, 0.1) is 32.0 Å². The summed E-state index contributed by atoms with van der Waals surface area (Å²) in [4.78, 5) is 11.6. The van der Waals surface area contributed by atoms with Gasteiger partial charge in [0.1, 0.15) is 5.69 Å². The summed E-state index contributed by atoms with van der Waals surface area (Å²) in [6.07, 6.45) is 7.79. The van der Waals surface area contributed by atoms with E-state index in [-0.39, 0.29) is 5.82 Å².